The fraction of sp³-hybridized carbons (Fsp3) is 0.250. The van der Waals surface area contributed by atoms with E-state index >= 15 is 0 Å². The van der Waals surface area contributed by atoms with Gasteiger partial charge in [0.2, 0.25) is 0 Å². The number of anilines is 1. The summed E-state index contributed by atoms with van der Waals surface area (Å²) in [6.45, 7) is 4.89. The van der Waals surface area contributed by atoms with Crippen molar-refractivity contribution in [1.29, 1.82) is 0 Å². The van der Waals surface area contributed by atoms with E-state index < -0.39 is 0 Å². The average molecular weight is 405 g/mol. The Morgan fingerprint density at radius 3 is 2.76 bits per heavy atom. The lowest BCUT2D eigenvalue weighted by Gasteiger charge is -2.09. The Bertz CT molecular complexity index is 888. The molecule has 3 aromatic heterocycles. The molecule has 0 aromatic carbocycles. The zero-order valence-electron chi connectivity index (χ0n) is 13.8. The zero-order chi connectivity index (χ0) is 17.8. The van der Waals surface area contributed by atoms with E-state index in [1.54, 1.807) is 18.5 Å². The van der Waals surface area contributed by atoms with Crippen molar-refractivity contribution in [2.45, 2.75) is 13.8 Å². The minimum Gasteiger partial charge on any atom is -0.444 e. The fourth-order valence-electron chi connectivity index (χ4n) is 2.20. The van der Waals surface area contributed by atoms with Crippen LogP contribution in [0.2, 0.25) is 0 Å². The summed E-state index contributed by atoms with van der Waals surface area (Å²) >= 11 is 3.17. The Morgan fingerprint density at radius 1 is 1.24 bits per heavy atom. The third-order valence-electron chi connectivity index (χ3n) is 3.66. The predicted molar refractivity (Wildman–Crippen MR) is 95.9 cm³/mol. The Kier molecular flexibility index (Phi) is 5.13. The number of hydrogen-bond acceptors (Lipinski definition) is 6. The third kappa shape index (κ3) is 4.05. The molecule has 3 rings (SSSR count). The summed E-state index contributed by atoms with van der Waals surface area (Å²) in [5, 5.41) is 5.92. The van der Waals surface area contributed by atoms with Gasteiger partial charge in [0.05, 0.1) is 5.69 Å². The number of imidazole rings is 1. The van der Waals surface area contributed by atoms with E-state index in [9.17, 15) is 4.79 Å². The van der Waals surface area contributed by atoms with Crippen molar-refractivity contribution in [2.75, 3.05) is 18.4 Å². The van der Waals surface area contributed by atoms with E-state index in [2.05, 4.69) is 41.5 Å². The van der Waals surface area contributed by atoms with Crippen LogP contribution < -0.4 is 10.6 Å². The molecule has 130 valence electrons. The molecule has 0 bridgehead atoms. The van der Waals surface area contributed by atoms with Crippen LogP contribution in [0.25, 0.3) is 5.82 Å². The van der Waals surface area contributed by atoms with Crippen molar-refractivity contribution in [3.8, 4) is 5.82 Å². The first-order valence-electron chi connectivity index (χ1n) is 7.65. The van der Waals surface area contributed by atoms with Crippen LogP contribution in [0, 0.1) is 13.8 Å². The van der Waals surface area contributed by atoms with Crippen molar-refractivity contribution in [1.82, 2.24) is 24.8 Å². The molecule has 0 aliphatic heterocycles. The van der Waals surface area contributed by atoms with Crippen LogP contribution in [0.15, 0.2) is 39.9 Å². The summed E-state index contributed by atoms with van der Waals surface area (Å²) in [6.07, 6.45) is 3.23. The molecular formula is C16H17BrN6O2. The van der Waals surface area contributed by atoms with Gasteiger partial charge in [-0.1, -0.05) is 0 Å². The lowest BCUT2D eigenvalue weighted by atomic mass is 10.4. The molecule has 8 nitrogen and oxygen atoms in total. The summed E-state index contributed by atoms with van der Waals surface area (Å²) in [5.74, 6) is 1.41. The van der Waals surface area contributed by atoms with Gasteiger partial charge in [0.1, 0.15) is 24.3 Å². The molecule has 25 heavy (non-hydrogen) atoms. The number of rotatable bonds is 6. The zero-order valence-corrected chi connectivity index (χ0v) is 15.4. The molecule has 0 spiro atoms. The van der Waals surface area contributed by atoms with Crippen LogP contribution >= 0.6 is 15.9 Å². The Labute approximate surface area is 152 Å². The minimum atomic E-state index is -0.264. The minimum absolute atomic E-state index is 0.264. The highest BCUT2D eigenvalue weighted by Crippen LogP contribution is 2.14. The standard InChI is InChI=1S/C16H17BrN6O2/c1-10-11(2)23(9-22-10)15-7-14(20-8-21-15)18-5-6-19-16(24)12-3-4-13(17)25-12/h3-4,7-9H,5-6H2,1-2H3,(H,19,24)(H,18,20,21). The molecule has 9 heteroatoms. The van der Waals surface area contributed by atoms with Crippen molar-refractivity contribution in [3.63, 3.8) is 0 Å². The Morgan fingerprint density at radius 2 is 2.08 bits per heavy atom. The van der Waals surface area contributed by atoms with Gasteiger partial charge in [-0.2, -0.15) is 0 Å². The number of hydrogen-bond donors (Lipinski definition) is 2. The third-order valence-corrected chi connectivity index (χ3v) is 4.09. The number of nitrogens with one attached hydrogen (secondary N) is 2. The van der Waals surface area contributed by atoms with Crippen LogP contribution in [0.3, 0.4) is 0 Å². The Balaban J connectivity index is 1.54. The van der Waals surface area contributed by atoms with Crippen LogP contribution in [0.1, 0.15) is 21.9 Å². The van der Waals surface area contributed by atoms with Crippen molar-refractivity contribution in [2.24, 2.45) is 0 Å². The number of furan rings is 1. The van der Waals surface area contributed by atoms with E-state index in [0.717, 1.165) is 17.2 Å². The molecule has 0 radical (unpaired) electrons. The molecule has 1 amide bonds. The van der Waals surface area contributed by atoms with Crippen molar-refractivity contribution >= 4 is 27.7 Å². The molecule has 0 atom stereocenters. The topological polar surface area (TPSA) is 97.9 Å². The molecule has 0 fully saturated rings. The van der Waals surface area contributed by atoms with E-state index in [-0.39, 0.29) is 11.7 Å². The highest BCUT2D eigenvalue weighted by atomic mass is 79.9. The van der Waals surface area contributed by atoms with Gasteiger partial charge in [-0.05, 0) is 41.9 Å². The maximum absolute atomic E-state index is 11.9. The van der Waals surface area contributed by atoms with Crippen LogP contribution in [0.4, 0.5) is 5.82 Å². The number of aryl methyl sites for hydroxylation is 1. The molecule has 3 heterocycles. The van der Waals surface area contributed by atoms with E-state index in [4.69, 9.17) is 4.42 Å². The lowest BCUT2D eigenvalue weighted by Crippen LogP contribution is -2.28. The predicted octanol–water partition coefficient (Wildman–Crippen LogP) is 2.48. The number of halogens is 1. The van der Waals surface area contributed by atoms with Crippen molar-refractivity contribution < 1.29 is 9.21 Å². The summed E-state index contributed by atoms with van der Waals surface area (Å²) < 4.78 is 7.62. The van der Waals surface area contributed by atoms with Crippen LogP contribution in [-0.4, -0.2) is 38.5 Å². The second kappa shape index (κ2) is 7.47. The van der Waals surface area contributed by atoms with E-state index in [1.807, 2.05) is 24.5 Å². The average Bonchev–Trinajstić information content (AvgIpc) is 3.18. The van der Waals surface area contributed by atoms with E-state index in [1.165, 1.54) is 6.33 Å². The number of carbonyl (C=O) groups excluding carboxylic acids is 1. The molecule has 3 aromatic rings. The van der Waals surface area contributed by atoms with Gasteiger partial charge in [0.15, 0.2) is 10.4 Å². The fourth-order valence-corrected chi connectivity index (χ4v) is 2.50. The van der Waals surface area contributed by atoms with Crippen LogP contribution in [-0.2, 0) is 0 Å². The maximum atomic E-state index is 11.9. The molecule has 0 saturated heterocycles. The summed E-state index contributed by atoms with van der Waals surface area (Å²) in [5.41, 5.74) is 1.99. The van der Waals surface area contributed by atoms with Crippen molar-refractivity contribution in [3.05, 3.63) is 52.7 Å². The smallest absolute Gasteiger partial charge is 0.287 e. The number of aromatic nitrogens is 4. The normalized spacial score (nSPS) is 10.7. The van der Waals surface area contributed by atoms with Gasteiger partial charge in [-0.3, -0.25) is 9.36 Å². The van der Waals surface area contributed by atoms with Gasteiger partial charge in [-0.25, -0.2) is 15.0 Å². The van der Waals surface area contributed by atoms with Gasteiger partial charge in [0, 0.05) is 24.8 Å². The molecular weight excluding hydrogens is 388 g/mol. The molecule has 0 unspecified atom stereocenters. The maximum Gasteiger partial charge on any atom is 0.287 e. The largest absolute Gasteiger partial charge is 0.444 e. The second-order valence-electron chi connectivity index (χ2n) is 5.33. The first kappa shape index (κ1) is 17.2. The first-order chi connectivity index (χ1) is 12.0. The lowest BCUT2D eigenvalue weighted by molar-refractivity contribution is 0.0926. The highest BCUT2D eigenvalue weighted by molar-refractivity contribution is 9.10. The first-order valence-corrected chi connectivity index (χ1v) is 8.44. The van der Waals surface area contributed by atoms with Crippen LogP contribution in [0.5, 0.6) is 0 Å². The van der Waals surface area contributed by atoms with Gasteiger partial charge in [-0.15, -0.1) is 0 Å². The molecule has 0 aliphatic carbocycles. The molecule has 0 aliphatic rings. The second-order valence-corrected chi connectivity index (χ2v) is 6.11. The molecule has 2 N–H and O–H groups in total. The quantitative estimate of drug-likeness (QED) is 0.612. The Hall–Kier alpha value is -2.68. The number of amides is 1. The highest BCUT2D eigenvalue weighted by Gasteiger charge is 2.10. The van der Waals surface area contributed by atoms with Gasteiger partial charge >= 0.3 is 0 Å². The summed E-state index contributed by atoms with van der Waals surface area (Å²) in [4.78, 5) is 24.6. The van der Waals surface area contributed by atoms with Gasteiger partial charge < -0.3 is 15.1 Å². The summed E-state index contributed by atoms with van der Waals surface area (Å²) in [7, 11) is 0. The van der Waals surface area contributed by atoms with Gasteiger partial charge in [0.25, 0.3) is 5.91 Å². The number of carbonyl (C=O) groups is 1. The summed E-state index contributed by atoms with van der Waals surface area (Å²) in [6, 6.07) is 5.12. The monoisotopic (exact) mass is 404 g/mol. The van der Waals surface area contributed by atoms with E-state index in [0.29, 0.717) is 23.6 Å². The number of nitrogens with zero attached hydrogens (tertiary/aromatic N) is 4. The molecule has 0 saturated carbocycles. The SMILES string of the molecule is Cc1ncn(-c2cc(NCCNC(=O)c3ccc(Br)o3)ncn2)c1C.